The number of benzene rings is 1. The number of methoxy groups -OCH3 is 1. The number of nitrogens with zero attached hydrogens (tertiary/aromatic N) is 1. The van der Waals surface area contributed by atoms with Crippen LogP contribution in [0.5, 0.6) is 0 Å². The molecule has 1 rings (SSSR count). The van der Waals surface area contributed by atoms with E-state index in [2.05, 4.69) is 19.2 Å². The zero-order chi connectivity index (χ0) is 15.1. The van der Waals surface area contributed by atoms with Gasteiger partial charge in [0.05, 0.1) is 12.3 Å². The topological polar surface area (TPSA) is 24.5 Å². The smallest absolute Gasteiger partial charge is 0.146 e. The van der Waals surface area contributed by atoms with Gasteiger partial charge in [0.25, 0.3) is 0 Å². The highest BCUT2D eigenvalue weighted by molar-refractivity contribution is 5.49. The van der Waals surface area contributed by atoms with Gasteiger partial charge in [0.1, 0.15) is 5.82 Å². The normalized spacial score (nSPS) is 14.1. The predicted molar refractivity (Wildman–Crippen MR) is 82.8 cm³/mol. The van der Waals surface area contributed by atoms with Gasteiger partial charge in [0.15, 0.2) is 0 Å². The van der Waals surface area contributed by atoms with E-state index in [1.54, 1.807) is 13.2 Å². The molecule has 0 heterocycles. The second-order valence-electron chi connectivity index (χ2n) is 5.30. The fourth-order valence-electron chi connectivity index (χ4n) is 2.15. The fraction of sp³-hybridized carbons (Fsp3) is 0.625. The molecule has 0 saturated heterocycles. The summed E-state index contributed by atoms with van der Waals surface area (Å²) in [6.07, 6.45) is 1.07. The lowest BCUT2D eigenvalue weighted by Gasteiger charge is -2.27. The van der Waals surface area contributed by atoms with E-state index in [4.69, 9.17) is 4.74 Å². The molecule has 0 fully saturated rings. The molecular formula is C16H27FN2O. The molecule has 1 aromatic rings. The predicted octanol–water partition coefficient (Wildman–Crippen LogP) is 3.36. The molecule has 114 valence electrons. The maximum Gasteiger partial charge on any atom is 0.146 e. The monoisotopic (exact) mass is 282 g/mol. The van der Waals surface area contributed by atoms with Crippen molar-refractivity contribution < 1.29 is 9.13 Å². The Labute approximate surface area is 122 Å². The SMILES string of the molecule is CCCNC(C)c1ccc(N(C)C(C)COC)c(F)c1. The maximum absolute atomic E-state index is 14.3. The third-order valence-electron chi connectivity index (χ3n) is 3.62. The van der Waals surface area contributed by atoms with E-state index in [1.165, 1.54) is 0 Å². The van der Waals surface area contributed by atoms with Crippen LogP contribution in [-0.4, -0.2) is 33.4 Å². The Hall–Kier alpha value is -1.13. The number of hydrogen-bond donors (Lipinski definition) is 1. The van der Waals surface area contributed by atoms with Crippen molar-refractivity contribution in [3.8, 4) is 0 Å². The summed E-state index contributed by atoms with van der Waals surface area (Å²) in [7, 11) is 3.55. The molecule has 0 aliphatic carbocycles. The summed E-state index contributed by atoms with van der Waals surface area (Å²) in [6, 6.07) is 5.76. The van der Waals surface area contributed by atoms with E-state index in [-0.39, 0.29) is 17.9 Å². The van der Waals surface area contributed by atoms with E-state index in [0.717, 1.165) is 18.5 Å². The van der Waals surface area contributed by atoms with Crippen molar-refractivity contribution in [1.82, 2.24) is 5.32 Å². The van der Waals surface area contributed by atoms with Gasteiger partial charge in [-0.05, 0) is 44.5 Å². The number of likely N-dealkylation sites (N-methyl/N-ethyl adjacent to an activating group) is 1. The Morgan fingerprint density at radius 1 is 1.35 bits per heavy atom. The number of rotatable bonds is 8. The summed E-state index contributed by atoms with van der Waals surface area (Å²) in [5.74, 6) is -0.182. The Kier molecular flexibility index (Phi) is 6.96. The van der Waals surface area contributed by atoms with Crippen molar-refractivity contribution in [2.45, 2.75) is 39.3 Å². The Morgan fingerprint density at radius 3 is 2.60 bits per heavy atom. The summed E-state index contributed by atoms with van der Waals surface area (Å²) in [5.41, 5.74) is 1.59. The zero-order valence-corrected chi connectivity index (χ0v) is 13.2. The standard InChI is InChI=1S/C16H27FN2O/c1-6-9-18-13(3)14-7-8-16(15(17)10-14)19(4)12(2)11-20-5/h7-8,10,12-13,18H,6,9,11H2,1-5H3. The van der Waals surface area contributed by atoms with Crippen molar-refractivity contribution >= 4 is 5.69 Å². The lowest BCUT2D eigenvalue weighted by Crippen LogP contribution is -2.33. The molecule has 0 radical (unpaired) electrons. The molecule has 1 N–H and O–H groups in total. The van der Waals surface area contributed by atoms with Crippen LogP contribution < -0.4 is 10.2 Å². The molecule has 1 aromatic carbocycles. The van der Waals surface area contributed by atoms with Crippen molar-refractivity contribution in [1.29, 1.82) is 0 Å². The summed E-state index contributed by atoms with van der Waals surface area (Å²) in [4.78, 5) is 1.91. The van der Waals surface area contributed by atoms with Crippen molar-refractivity contribution in [2.24, 2.45) is 0 Å². The molecule has 0 aliphatic rings. The van der Waals surface area contributed by atoms with Crippen LogP contribution in [0.25, 0.3) is 0 Å². The van der Waals surface area contributed by atoms with Gasteiger partial charge in [0, 0.05) is 26.2 Å². The first-order valence-corrected chi connectivity index (χ1v) is 7.25. The van der Waals surface area contributed by atoms with Gasteiger partial charge in [-0.3, -0.25) is 0 Å². The van der Waals surface area contributed by atoms with Crippen LogP contribution in [0.3, 0.4) is 0 Å². The largest absolute Gasteiger partial charge is 0.383 e. The quantitative estimate of drug-likeness (QED) is 0.791. The third kappa shape index (κ3) is 4.46. The maximum atomic E-state index is 14.3. The Morgan fingerprint density at radius 2 is 2.05 bits per heavy atom. The highest BCUT2D eigenvalue weighted by Crippen LogP contribution is 2.24. The van der Waals surface area contributed by atoms with Gasteiger partial charge in [-0.1, -0.05) is 13.0 Å². The second-order valence-corrected chi connectivity index (χ2v) is 5.30. The molecule has 0 aliphatic heterocycles. The van der Waals surface area contributed by atoms with Crippen LogP contribution in [-0.2, 0) is 4.74 Å². The van der Waals surface area contributed by atoms with Crippen LogP contribution in [0.15, 0.2) is 18.2 Å². The lowest BCUT2D eigenvalue weighted by molar-refractivity contribution is 0.183. The summed E-state index contributed by atoms with van der Waals surface area (Å²) in [6.45, 7) is 7.71. The number of nitrogens with one attached hydrogen (secondary N) is 1. The number of halogens is 1. The molecule has 4 heteroatoms. The molecule has 0 spiro atoms. The molecule has 2 unspecified atom stereocenters. The molecule has 20 heavy (non-hydrogen) atoms. The first-order valence-electron chi connectivity index (χ1n) is 7.25. The molecule has 0 amide bonds. The van der Waals surface area contributed by atoms with Gasteiger partial charge in [0.2, 0.25) is 0 Å². The first-order chi connectivity index (χ1) is 9.51. The Balaban J connectivity index is 2.82. The van der Waals surface area contributed by atoms with Gasteiger partial charge < -0.3 is 15.0 Å². The molecule has 0 bridgehead atoms. The first kappa shape index (κ1) is 16.9. The molecule has 0 aromatic heterocycles. The highest BCUT2D eigenvalue weighted by atomic mass is 19.1. The lowest BCUT2D eigenvalue weighted by atomic mass is 10.1. The van der Waals surface area contributed by atoms with Crippen LogP contribution in [0.1, 0.15) is 38.8 Å². The summed E-state index contributed by atoms with van der Waals surface area (Å²) < 4.78 is 19.4. The van der Waals surface area contributed by atoms with Gasteiger partial charge in [-0.2, -0.15) is 0 Å². The minimum absolute atomic E-state index is 0.135. The highest BCUT2D eigenvalue weighted by Gasteiger charge is 2.15. The summed E-state index contributed by atoms with van der Waals surface area (Å²) in [5, 5.41) is 3.37. The number of hydrogen-bond acceptors (Lipinski definition) is 3. The zero-order valence-electron chi connectivity index (χ0n) is 13.2. The minimum Gasteiger partial charge on any atom is -0.383 e. The van der Waals surface area contributed by atoms with E-state index >= 15 is 0 Å². The van der Waals surface area contributed by atoms with Gasteiger partial charge in [-0.15, -0.1) is 0 Å². The van der Waals surface area contributed by atoms with Crippen LogP contribution in [0.2, 0.25) is 0 Å². The van der Waals surface area contributed by atoms with E-state index in [9.17, 15) is 4.39 Å². The second kappa shape index (κ2) is 8.22. The third-order valence-corrected chi connectivity index (χ3v) is 3.62. The van der Waals surface area contributed by atoms with Gasteiger partial charge >= 0.3 is 0 Å². The van der Waals surface area contributed by atoms with Crippen LogP contribution in [0, 0.1) is 5.82 Å². The fourth-order valence-corrected chi connectivity index (χ4v) is 2.15. The molecule has 3 nitrogen and oxygen atoms in total. The number of ether oxygens (including phenoxy) is 1. The summed E-state index contributed by atoms with van der Waals surface area (Å²) >= 11 is 0. The van der Waals surface area contributed by atoms with E-state index in [0.29, 0.717) is 12.3 Å². The van der Waals surface area contributed by atoms with Crippen molar-refractivity contribution in [3.63, 3.8) is 0 Å². The van der Waals surface area contributed by atoms with E-state index < -0.39 is 0 Å². The molecular weight excluding hydrogens is 255 g/mol. The number of anilines is 1. The minimum atomic E-state index is -0.182. The molecule has 0 saturated carbocycles. The van der Waals surface area contributed by atoms with E-state index in [1.807, 2.05) is 31.0 Å². The van der Waals surface area contributed by atoms with Crippen molar-refractivity contribution in [2.75, 3.05) is 32.2 Å². The molecule has 2 atom stereocenters. The Bertz CT molecular complexity index is 411. The van der Waals surface area contributed by atoms with Crippen LogP contribution >= 0.6 is 0 Å². The van der Waals surface area contributed by atoms with Gasteiger partial charge in [-0.25, -0.2) is 4.39 Å². The average molecular weight is 282 g/mol. The van der Waals surface area contributed by atoms with Crippen LogP contribution in [0.4, 0.5) is 10.1 Å². The average Bonchev–Trinajstić information content (AvgIpc) is 2.44. The van der Waals surface area contributed by atoms with Crippen molar-refractivity contribution in [3.05, 3.63) is 29.6 Å².